The summed E-state index contributed by atoms with van der Waals surface area (Å²) in [6.07, 6.45) is 0. The van der Waals surface area contributed by atoms with E-state index >= 15 is 0 Å². The Balaban J connectivity index is 1.75. The van der Waals surface area contributed by atoms with E-state index in [2.05, 4.69) is 15.5 Å². The lowest BCUT2D eigenvalue weighted by molar-refractivity contribution is 0.0928. The summed E-state index contributed by atoms with van der Waals surface area (Å²) in [5.74, 6) is 1.14. The predicted octanol–water partition coefficient (Wildman–Crippen LogP) is 3.93. The van der Waals surface area contributed by atoms with Crippen LogP contribution in [0, 0.1) is 6.92 Å². The largest absolute Gasteiger partial charge is 0.493 e. The average Bonchev–Trinajstić information content (AvgIpc) is 3.13. The molecule has 1 aromatic heterocycles. The number of amides is 1. The van der Waals surface area contributed by atoms with Crippen molar-refractivity contribution in [2.75, 3.05) is 6.61 Å². The molecule has 0 bridgehead atoms. The molecule has 0 radical (unpaired) electrons. The molecule has 0 saturated heterocycles. The lowest BCUT2D eigenvalue weighted by Crippen LogP contribution is -2.27. The lowest BCUT2D eigenvalue weighted by Gasteiger charge is -2.12. The second kappa shape index (κ2) is 7.82. The van der Waals surface area contributed by atoms with E-state index in [0.29, 0.717) is 29.6 Å². The molecule has 6 nitrogen and oxygen atoms in total. The fraction of sp³-hybridized carbons (Fsp3) is 0.250. The maximum atomic E-state index is 12.6. The van der Waals surface area contributed by atoms with Crippen molar-refractivity contribution in [1.82, 2.24) is 15.5 Å². The molecule has 0 aliphatic rings. The van der Waals surface area contributed by atoms with E-state index in [9.17, 15) is 4.79 Å². The Morgan fingerprint density at radius 3 is 2.81 bits per heavy atom. The molecule has 0 unspecified atom stereocenters. The van der Waals surface area contributed by atoms with Gasteiger partial charge in [0.15, 0.2) is 0 Å². The molecule has 0 spiro atoms. The van der Waals surface area contributed by atoms with Gasteiger partial charge in [0.05, 0.1) is 12.2 Å². The highest BCUT2D eigenvalue weighted by atomic mass is 16.5. The van der Waals surface area contributed by atoms with Gasteiger partial charge in [-0.3, -0.25) is 4.79 Å². The van der Waals surface area contributed by atoms with E-state index in [0.717, 1.165) is 11.1 Å². The summed E-state index contributed by atoms with van der Waals surface area (Å²) >= 11 is 0. The van der Waals surface area contributed by atoms with Crippen molar-refractivity contribution in [2.45, 2.75) is 26.8 Å². The Kier molecular flexibility index (Phi) is 5.31. The van der Waals surface area contributed by atoms with Crippen molar-refractivity contribution in [2.24, 2.45) is 0 Å². The van der Waals surface area contributed by atoms with Crippen LogP contribution in [0.2, 0.25) is 0 Å². The number of nitrogens with one attached hydrogen (secondary N) is 1. The van der Waals surface area contributed by atoms with Crippen LogP contribution < -0.4 is 10.1 Å². The van der Waals surface area contributed by atoms with E-state index in [1.54, 1.807) is 25.1 Å². The van der Waals surface area contributed by atoms with Crippen LogP contribution >= 0.6 is 0 Å². The van der Waals surface area contributed by atoms with Gasteiger partial charge in [-0.15, -0.1) is 0 Å². The molecule has 3 rings (SSSR count). The highest BCUT2D eigenvalue weighted by Gasteiger charge is 2.20. The summed E-state index contributed by atoms with van der Waals surface area (Å²) in [6.45, 7) is 6.17. The van der Waals surface area contributed by atoms with E-state index in [1.807, 2.05) is 44.2 Å². The number of nitrogens with zero attached hydrogens (tertiary/aromatic N) is 2. The smallest absolute Gasteiger partial charge is 0.255 e. The zero-order valence-corrected chi connectivity index (χ0v) is 15.0. The quantitative estimate of drug-likeness (QED) is 0.728. The van der Waals surface area contributed by atoms with Crippen molar-refractivity contribution >= 4 is 5.91 Å². The molecule has 0 fully saturated rings. The Labute approximate surface area is 152 Å². The molecule has 1 amide bonds. The van der Waals surface area contributed by atoms with Crippen LogP contribution in [0.3, 0.4) is 0 Å². The Morgan fingerprint density at radius 1 is 1.23 bits per heavy atom. The van der Waals surface area contributed by atoms with Gasteiger partial charge < -0.3 is 14.6 Å². The molecule has 3 aromatic rings. The number of para-hydroxylation sites is 1. The minimum absolute atomic E-state index is 0.253. The first kappa shape index (κ1) is 17.7. The summed E-state index contributed by atoms with van der Waals surface area (Å²) in [6, 6.07) is 14.5. The highest BCUT2D eigenvalue weighted by molar-refractivity contribution is 5.97. The second-order valence-corrected chi connectivity index (χ2v) is 5.95. The predicted molar refractivity (Wildman–Crippen MR) is 98.0 cm³/mol. The van der Waals surface area contributed by atoms with Gasteiger partial charge in [0.25, 0.3) is 5.91 Å². The van der Waals surface area contributed by atoms with Gasteiger partial charge in [0, 0.05) is 5.56 Å². The summed E-state index contributed by atoms with van der Waals surface area (Å²) in [5.41, 5.74) is 2.46. The van der Waals surface area contributed by atoms with Gasteiger partial charge in [-0.05, 0) is 39.0 Å². The number of carbonyl (C=O) groups is 1. The van der Waals surface area contributed by atoms with Gasteiger partial charge in [-0.2, -0.15) is 4.98 Å². The van der Waals surface area contributed by atoms with Crippen LogP contribution in [0.5, 0.6) is 5.75 Å². The SMILES string of the molecule is CCOc1ccccc1C(=O)N[C@H](C)c1nc(-c2cccc(C)c2)no1. The molecule has 0 saturated carbocycles. The Morgan fingerprint density at radius 2 is 2.04 bits per heavy atom. The molecule has 1 heterocycles. The minimum Gasteiger partial charge on any atom is -0.493 e. The number of aryl methyl sites for hydroxylation is 1. The summed E-state index contributed by atoms with van der Waals surface area (Å²) < 4.78 is 10.8. The zero-order chi connectivity index (χ0) is 18.5. The number of benzene rings is 2. The normalized spacial score (nSPS) is 11.8. The van der Waals surface area contributed by atoms with E-state index < -0.39 is 6.04 Å². The number of hydrogen-bond donors (Lipinski definition) is 1. The van der Waals surface area contributed by atoms with Crippen LogP contribution in [0.4, 0.5) is 0 Å². The van der Waals surface area contributed by atoms with Crippen molar-refractivity contribution in [3.8, 4) is 17.1 Å². The van der Waals surface area contributed by atoms with E-state index in [4.69, 9.17) is 9.26 Å². The molecule has 0 aliphatic heterocycles. The van der Waals surface area contributed by atoms with Gasteiger partial charge in [0.2, 0.25) is 11.7 Å². The van der Waals surface area contributed by atoms with Gasteiger partial charge in [-0.25, -0.2) is 0 Å². The van der Waals surface area contributed by atoms with Crippen LogP contribution in [0.25, 0.3) is 11.4 Å². The van der Waals surface area contributed by atoms with Crippen molar-refractivity contribution in [1.29, 1.82) is 0 Å². The molecular formula is C20H21N3O3. The maximum absolute atomic E-state index is 12.6. The fourth-order valence-electron chi connectivity index (χ4n) is 2.58. The van der Waals surface area contributed by atoms with Gasteiger partial charge in [-0.1, -0.05) is 41.1 Å². The Bertz CT molecular complexity index is 905. The average molecular weight is 351 g/mol. The summed E-state index contributed by atoms with van der Waals surface area (Å²) in [7, 11) is 0. The molecule has 2 aromatic carbocycles. The molecule has 1 N–H and O–H groups in total. The molecule has 0 aliphatic carbocycles. The summed E-state index contributed by atoms with van der Waals surface area (Å²) in [4.78, 5) is 17.0. The number of hydrogen-bond acceptors (Lipinski definition) is 5. The van der Waals surface area contributed by atoms with E-state index in [1.165, 1.54) is 0 Å². The Hall–Kier alpha value is -3.15. The van der Waals surface area contributed by atoms with Crippen molar-refractivity contribution in [3.63, 3.8) is 0 Å². The number of carbonyl (C=O) groups excluding carboxylic acids is 1. The van der Waals surface area contributed by atoms with Crippen LogP contribution in [0.15, 0.2) is 53.1 Å². The first-order valence-electron chi connectivity index (χ1n) is 8.51. The minimum atomic E-state index is -0.428. The van der Waals surface area contributed by atoms with Gasteiger partial charge in [0.1, 0.15) is 11.8 Å². The lowest BCUT2D eigenvalue weighted by atomic mass is 10.1. The number of ether oxygens (including phenoxy) is 1. The van der Waals surface area contributed by atoms with Crippen molar-refractivity contribution in [3.05, 3.63) is 65.5 Å². The maximum Gasteiger partial charge on any atom is 0.255 e. The first-order chi connectivity index (χ1) is 12.6. The van der Waals surface area contributed by atoms with Crippen molar-refractivity contribution < 1.29 is 14.1 Å². The highest BCUT2D eigenvalue weighted by Crippen LogP contribution is 2.22. The fourth-order valence-corrected chi connectivity index (χ4v) is 2.58. The molecule has 26 heavy (non-hydrogen) atoms. The van der Waals surface area contributed by atoms with Crippen LogP contribution in [0.1, 0.15) is 41.7 Å². The molecule has 134 valence electrons. The third kappa shape index (κ3) is 3.91. The van der Waals surface area contributed by atoms with Crippen LogP contribution in [-0.2, 0) is 0 Å². The number of rotatable bonds is 6. The van der Waals surface area contributed by atoms with E-state index in [-0.39, 0.29) is 5.91 Å². The molecular weight excluding hydrogens is 330 g/mol. The second-order valence-electron chi connectivity index (χ2n) is 5.95. The standard InChI is InChI=1S/C20H21N3O3/c1-4-25-17-11-6-5-10-16(17)19(24)21-14(3)20-22-18(23-26-20)15-9-7-8-13(2)12-15/h5-12,14H,4H2,1-3H3,(H,21,24)/t14-/m1/s1. The zero-order valence-electron chi connectivity index (χ0n) is 15.0. The first-order valence-corrected chi connectivity index (χ1v) is 8.51. The topological polar surface area (TPSA) is 77.2 Å². The third-order valence-electron chi connectivity index (χ3n) is 3.87. The molecule has 1 atom stereocenters. The molecule has 6 heteroatoms. The number of aromatic nitrogens is 2. The monoisotopic (exact) mass is 351 g/mol. The van der Waals surface area contributed by atoms with Crippen LogP contribution in [-0.4, -0.2) is 22.7 Å². The van der Waals surface area contributed by atoms with Gasteiger partial charge >= 0.3 is 0 Å². The summed E-state index contributed by atoms with van der Waals surface area (Å²) in [5, 5.41) is 6.89. The third-order valence-corrected chi connectivity index (χ3v) is 3.87.